The Balaban J connectivity index is 1.46. The third-order valence-electron chi connectivity index (χ3n) is 5.21. The zero-order valence-corrected chi connectivity index (χ0v) is 18.2. The molecule has 6 nitrogen and oxygen atoms in total. The van der Waals surface area contributed by atoms with Crippen molar-refractivity contribution in [2.45, 2.75) is 6.54 Å². The number of carbonyl (C=O) groups excluding carboxylic acids is 2. The summed E-state index contributed by atoms with van der Waals surface area (Å²) in [6.07, 6.45) is 0. The summed E-state index contributed by atoms with van der Waals surface area (Å²) in [4.78, 5) is 30.0. The highest BCUT2D eigenvalue weighted by Crippen LogP contribution is 2.23. The van der Waals surface area contributed by atoms with Gasteiger partial charge in [-0.1, -0.05) is 30.3 Å². The van der Waals surface area contributed by atoms with Gasteiger partial charge in [0, 0.05) is 43.6 Å². The molecule has 1 aromatic heterocycles. The van der Waals surface area contributed by atoms with E-state index >= 15 is 0 Å². The molecule has 3 aromatic rings. The highest BCUT2D eigenvalue weighted by atomic mass is 32.1. The van der Waals surface area contributed by atoms with Gasteiger partial charge in [0.15, 0.2) is 0 Å². The molecule has 4 rings (SSSR count). The summed E-state index contributed by atoms with van der Waals surface area (Å²) in [6.45, 7) is 3.62. The maximum absolute atomic E-state index is 13.1. The number of carbonyl (C=O) groups is 2. The van der Waals surface area contributed by atoms with Crippen LogP contribution in [0.1, 0.15) is 25.6 Å². The lowest BCUT2D eigenvalue weighted by Gasteiger charge is -2.31. The summed E-state index contributed by atoms with van der Waals surface area (Å²) < 4.78 is 5.46. The molecular formula is C24H25N3O3S. The molecule has 31 heavy (non-hydrogen) atoms. The number of para-hydroxylation sites is 1. The van der Waals surface area contributed by atoms with E-state index in [2.05, 4.69) is 22.3 Å². The average molecular weight is 436 g/mol. The molecule has 2 heterocycles. The summed E-state index contributed by atoms with van der Waals surface area (Å²) >= 11 is 1.38. The minimum Gasteiger partial charge on any atom is -0.378 e. The van der Waals surface area contributed by atoms with Gasteiger partial charge in [-0.05, 0) is 41.3 Å². The summed E-state index contributed by atoms with van der Waals surface area (Å²) in [5, 5.41) is 4.72. The number of benzene rings is 2. The quantitative estimate of drug-likeness (QED) is 0.633. The first-order valence-corrected chi connectivity index (χ1v) is 11.1. The Hall–Kier alpha value is -3.16. The Kier molecular flexibility index (Phi) is 6.64. The Morgan fingerprint density at radius 2 is 1.87 bits per heavy atom. The van der Waals surface area contributed by atoms with Gasteiger partial charge in [-0.3, -0.25) is 9.59 Å². The second-order valence-electron chi connectivity index (χ2n) is 7.40. The zero-order chi connectivity index (χ0) is 21.6. The predicted octanol–water partition coefficient (Wildman–Crippen LogP) is 4.11. The van der Waals surface area contributed by atoms with Crippen molar-refractivity contribution in [1.29, 1.82) is 0 Å². The highest BCUT2D eigenvalue weighted by molar-refractivity contribution is 7.12. The number of morpholine rings is 1. The predicted molar refractivity (Wildman–Crippen MR) is 124 cm³/mol. The maximum Gasteiger partial charge on any atom is 0.265 e. The number of nitrogens with one attached hydrogen (secondary N) is 1. The van der Waals surface area contributed by atoms with Crippen molar-refractivity contribution in [2.24, 2.45) is 0 Å². The Bertz CT molecular complexity index is 1050. The standard InChI is InChI=1S/C24H25N3O3S/c1-26(17-19-6-2-3-9-21(19)27-11-13-30-14-12-27)24(29)18-7-4-8-20(16-18)25-23(28)22-10-5-15-31-22/h2-10,15-16H,11-14,17H2,1H3,(H,25,28). The van der Waals surface area contributed by atoms with E-state index in [4.69, 9.17) is 4.74 Å². The molecule has 2 amide bonds. The van der Waals surface area contributed by atoms with E-state index in [1.807, 2.05) is 23.6 Å². The van der Waals surface area contributed by atoms with E-state index in [1.165, 1.54) is 11.3 Å². The average Bonchev–Trinajstić information content (AvgIpc) is 3.35. The molecule has 1 fully saturated rings. The fourth-order valence-electron chi connectivity index (χ4n) is 3.64. The molecule has 0 unspecified atom stereocenters. The molecule has 1 aliphatic heterocycles. The van der Waals surface area contributed by atoms with Crippen molar-refractivity contribution in [3.8, 4) is 0 Å². The first-order valence-electron chi connectivity index (χ1n) is 10.2. The number of thiophene rings is 1. The van der Waals surface area contributed by atoms with Gasteiger partial charge < -0.3 is 19.9 Å². The number of hydrogen-bond acceptors (Lipinski definition) is 5. The molecule has 0 bridgehead atoms. The molecule has 1 aliphatic rings. The minimum atomic E-state index is -0.174. The van der Waals surface area contributed by atoms with Crippen LogP contribution < -0.4 is 10.2 Å². The van der Waals surface area contributed by atoms with E-state index in [9.17, 15) is 9.59 Å². The van der Waals surface area contributed by atoms with E-state index in [0.717, 1.165) is 24.3 Å². The molecule has 2 aromatic carbocycles. The lowest BCUT2D eigenvalue weighted by atomic mass is 10.1. The molecule has 1 N–H and O–H groups in total. The zero-order valence-electron chi connectivity index (χ0n) is 17.4. The molecular weight excluding hydrogens is 410 g/mol. The van der Waals surface area contributed by atoms with Crippen LogP contribution in [0, 0.1) is 0 Å². The lowest BCUT2D eigenvalue weighted by Crippen LogP contribution is -2.37. The minimum absolute atomic E-state index is 0.0935. The van der Waals surface area contributed by atoms with Gasteiger partial charge in [-0.15, -0.1) is 11.3 Å². The van der Waals surface area contributed by atoms with E-state index in [-0.39, 0.29) is 11.8 Å². The normalized spacial score (nSPS) is 13.6. The smallest absolute Gasteiger partial charge is 0.265 e. The molecule has 1 saturated heterocycles. The third kappa shape index (κ3) is 5.13. The molecule has 7 heteroatoms. The van der Waals surface area contributed by atoms with Crippen LogP contribution in [-0.2, 0) is 11.3 Å². The van der Waals surface area contributed by atoms with Crippen molar-refractivity contribution < 1.29 is 14.3 Å². The number of rotatable bonds is 6. The monoisotopic (exact) mass is 435 g/mol. The molecule has 0 saturated carbocycles. The number of nitrogens with zero attached hydrogens (tertiary/aromatic N) is 2. The summed E-state index contributed by atoms with van der Waals surface area (Å²) in [5.74, 6) is -0.267. The highest BCUT2D eigenvalue weighted by Gasteiger charge is 2.18. The van der Waals surface area contributed by atoms with Gasteiger partial charge in [0.05, 0.1) is 18.1 Å². The van der Waals surface area contributed by atoms with Crippen molar-refractivity contribution >= 4 is 34.5 Å². The van der Waals surface area contributed by atoms with Crippen LogP contribution in [0.15, 0.2) is 66.0 Å². The molecule has 0 spiro atoms. The molecule has 160 valence electrons. The lowest BCUT2D eigenvalue weighted by molar-refractivity contribution is 0.0784. The van der Waals surface area contributed by atoms with Crippen LogP contribution in [0.5, 0.6) is 0 Å². The third-order valence-corrected chi connectivity index (χ3v) is 6.08. The van der Waals surface area contributed by atoms with E-state index < -0.39 is 0 Å². The Labute approximate surface area is 186 Å². The topological polar surface area (TPSA) is 61.9 Å². The van der Waals surface area contributed by atoms with Crippen molar-refractivity contribution in [2.75, 3.05) is 43.6 Å². The van der Waals surface area contributed by atoms with Gasteiger partial charge in [0.1, 0.15) is 0 Å². The first kappa shape index (κ1) is 21.1. The summed E-state index contributed by atoms with van der Waals surface area (Å²) in [7, 11) is 1.80. The van der Waals surface area contributed by atoms with Gasteiger partial charge in [0.25, 0.3) is 11.8 Å². The van der Waals surface area contributed by atoms with Crippen LogP contribution >= 0.6 is 11.3 Å². The van der Waals surface area contributed by atoms with Gasteiger partial charge in [-0.2, -0.15) is 0 Å². The van der Waals surface area contributed by atoms with Crippen LogP contribution in [-0.4, -0.2) is 50.1 Å². The van der Waals surface area contributed by atoms with Crippen LogP contribution in [0.3, 0.4) is 0 Å². The number of anilines is 2. The van der Waals surface area contributed by atoms with Crippen LogP contribution in [0.4, 0.5) is 11.4 Å². The second-order valence-corrected chi connectivity index (χ2v) is 8.35. The van der Waals surface area contributed by atoms with E-state index in [0.29, 0.717) is 35.9 Å². The van der Waals surface area contributed by atoms with Crippen LogP contribution in [0.2, 0.25) is 0 Å². The number of ether oxygens (including phenoxy) is 1. The van der Waals surface area contributed by atoms with Crippen molar-refractivity contribution in [3.05, 3.63) is 82.0 Å². The van der Waals surface area contributed by atoms with Gasteiger partial charge >= 0.3 is 0 Å². The fraction of sp³-hybridized carbons (Fsp3) is 0.250. The SMILES string of the molecule is CN(Cc1ccccc1N1CCOCC1)C(=O)c1cccc(NC(=O)c2cccs2)c1. The second kappa shape index (κ2) is 9.76. The fourth-order valence-corrected chi connectivity index (χ4v) is 4.25. The summed E-state index contributed by atoms with van der Waals surface area (Å²) in [5.41, 5.74) is 3.38. The molecule has 0 aliphatic carbocycles. The number of hydrogen-bond donors (Lipinski definition) is 1. The summed E-state index contributed by atoms with van der Waals surface area (Å²) in [6, 6.07) is 18.9. The number of amides is 2. The molecule has 0 radical (unpaired) electrons. The van der Waals surface area contributed by atoms with Crippen molar-refractivity contribution in [3.63, 3.8) is 0 Å². The van der Waals surface area contributed by atoms with E-state index in [1.54, 1.807) is 42.3 Å². The van der Waals surface area contributed by atoms with Gasteiger partial charge in [-0.25, -0.2) is 0 Å². The largest absolute Gasteiger partial charge is 0.378 e. The molecule has 0 atom stereocenters. The van der Waals surface area contributed by atoms with Crippen molar-refractivity contribution in [1.82, 2.24) is 4.90 Å². The maximum atomic E-state index is 13.1. The Morgan fingerprint density at radius 1 is 1.06 bits per heavy atom. The van der Waals surface area contributed by atoms with Crippen LogP contribution in [0.25, 0.3) is 0 Å². The first-order chi connectivity index (χ1) is 15.1. The Morgan fingerprint density at radius 3 is 2.65 bits per heavy atom. The van der Waals surface area contributed by atoms with Gasteiger partial charge in [0.2, 0.25) is 0 Å².